The molecule has 2 rings (SSSR count). The monoisotopic (exact) mass is 263 g/mol. The van der Waals surface area contributed by atoms with Crippen LogP contribution >= 0.6 is 0 Å². The Morgan fingerprint density at radius 3 is 2.58 bits per heavy atom. The molecule has 2 N–H and O–H groups in total. The second-order valence-electron chi connectivity index (χ2n) is 4.98. The second-order valence-corrected chi connectivity index (χ2v) is 4.98. The Bertz CT molecular complexity index is 431. The average Bonchev–Trinajstić information content (AvgIpc) is 2.88. The first-order chi connectivity index (χ1) is 9.10. The fourth-order valence-electron chi connectivity index (χ4n) is 2.15. The zero-order valence-corrected chi connectivity index (χ0v) is 11.6. The maximum Gasteiger partial charge on any atom is 0.241 e. The minimum atomic E-state index is -0.168. The van der Waals surface area contributed by atoms with Crippen molar-refractivity contribution in [1.29, 1.82) is 0 Å². The van der Waals surface area contributed by atoms with Crippen molar-refractivity contribution in [2.24, 2.45) is 0 Å². The number of hydrogen-bond donors (Lipinski definition) is 2. The van der Waals surface area contributed by atoms with Crippen molar-refractivity contribution in [1.82, 2.24) is 5.32 Å². The van der Waals surface area contributed by atoms with Gasteiger partial charge in [0, 0.05) is 39.1 Å². The quantitative estimate of drug-likeness (QED) is 0.853. The SMILES string of the molecule is COC1CNC(C(=O)Nc2ccc(N(C)C)cc2)C1. The van der Waals surface area contributed by atoms with Crippen LogP contribution in [0.25, 0.3) is 0 Å². The van der Waals surface area contributed by atoms with Crippen molar-refractivity contribution in [2.75, 3.05) is 38.0 Å². The molecule has 0 spiro atoms. The van der Waals surface area contributed by atoms with E-state index in [1.807, 2.05) is 43.3 Å². The summed E-state index contributed by atoms with van der Waals surface area (Å²) in [5.74, 6) is -0.00264. The van der Waals surface area contributed by atoms with E-state index in [1.54, 1.807) is 7.11 Å². The van der Waals surface area contributed by atoms with Gasteiger partial charge < -0.3 is 20.3 Å². The third-order valence-corrected chi connectivity index (χ3v) is 3.39. The molecule has 0 saturated carbocycles. The zero-order chi connectivity index (χ0) is 13.8. The highest BCUT2D eigenvalue weighted by Crippen LogP contribution is 2.17. The number of rotatable bonds is 4. The summed E-state index contributed by atoms with van der Waals surface area (Å²) in [6, 6.07) is 7.62. The van der Waals surface area contributed by atoms with E-state index in [1.165, 1.54) is 0 Å². The van der Waals surface area contributed by atoms with Crippen molar-refractivity contribution in [3.05, 3.63) is 24.3 Å². The van der Waals surface area contributed by atoms with E-state index in [-0.39, 0.29) is 18.1 Å². The van der Waals surface area contributed by atoms with E-state index in [2.05, 4.69) is 10.6 Å². The molecule has 1 saturated heterocycles. The van der Waals surface area contributed by atoms with Crippen molar-refractivity contribution in [3.8, 4) is 0 Å². The highest BCUT2D eigenvalue weighted by molar-refractivity contribution is 5.95. The first kappa shape index (κ1) is 13.8. The first-order valence-corrected chi connectivity index (χ1v) is 6.44. The Hall–Kier alpha value is -1.59. The number of methoxy groups -OCH3 is 1. The maximum absolute atomic E-state index is 12.1. The number of hydrogen-bond acceptors (Lipinski definition) is 4. The molecular weight excluding hydrogens is 242 g/mol. The fourth-order valence-corrected chi connectivity index (χ4v) is 2.15. The minimum absolute atomic E-state index is 0.00264. The molecule has 1 aliphatic heterocycles. The minimum Gasteiger partial charge on any atom is -0.380 e. The summed E-state index contributed by atoms with van der Waals surface area (Å²) in [6.07, 6.45) is 0.852. The summed E-state index contributed by atoms with van der Waals surface area (Å²) in [7, 11) is 5.65. The predicted octanol–water partition coefficient (Wildman–Crippen LogP) is 1.07. The lowest BCUT2D eigenvalue weighted by atomic mass is 10.2. The molecule has 5 heteroatoms. The summed E-state index contributed by atoms with van der Waals surface area (Å²) >= 11 is 0. The van der Waals surface area contributed by atoms with Crippen LogP contribution in [0.5, 0.6) is 0 Å². The lowest BCUT2D eigenvalue weighted by Crippen LogP contribution is -2.35. The van der Waals surface area contributed by atoms with Gasteiger partial charge in [-0.05, 0) is 30.7 Å². The number of amides is 1. The Balaban J connectivity index is 1.92. The number of benzene rings is 1. The van der Waals surface area contributed by atoms with E-state index >= 15 is 0 Å². The molecule has 1 aromatic carbocycles. The normalized spacial score (nSPS) is 22.3. The summed E-state index contributed by atoms with van der Waals surface area (Å²) in [4.78, 5) is 14.1. The van der Waals surface area contributed by atoms with Crippen LogP contribution in [-0.4, -0.2) is 45.8 Å². The van der Waals surface area contributed by atoms with Crippen LogP contribution in [-0.2, 0) is 9.53 Å². The van der Waals surface area contributed by atoms with Gasteiger partial charge >= 0.3 is 0 Å². The van der Waals surface area contributed by atoms with Gasteiger partial charge in [0.25, 0.3) is 0 Å². The molecule has 1 aliphatic rings. The van der Waals surface area contributed by atoms with E-state index in [0.717, 1.165) is 24.3 Å². The van der Waals surface area contributed by atoms with Gasteiger partial charge in [0.1, 0.15) is 0 Å². The molecule has 5 nitrogen and oxygen atoms in total. The van der Waals surface area contributed by atoms with Gasteiger partial charge in [0.05, 0.1) is 12.1 Å². The molecule has 1 amide bonds. The summed E-state index contributed by atoms with van der Waals surface area (Å²) < 4.78 is 5.24. The van der Waals surface area contributed by atoms with Crippen molar-refractivity contribution < 1.29 is 9.53 Å². The Morgan fingerprint density at radius 1 is 1.37 bits per heavy atom. The van der Waals surface area contributed by atoms with Crippen LogP contribution in [0, 0.1) is 0 Å². The zero-order valence-electron chi connectivity index (χ0n) is 11.6. The highest BCUT2D eigenvalue weighted by Gasteiger charge is 2.29. The molecule has 0 radical (unpaired) electrons. The largest absolute Gasteiger partial charge is 0.380 e. The van der Waals surface area contributed by atoms with Gasteiger partial charge in [0.15, 0.2) is 0 Å². The van der Waals surface area contributed by atoms with E-state index in [4.69, 9.17) is 4.74 Å². The van der Waals surface area contributed by atoms with Crippen molar-refractivity contribution in [2.45, 2.75) is 18.6 Å². The first-order valence-electron chi connectivity index (χ1n) is 6.44. The third-order valence-electron chi connectivity index (χ3n) is 3.39. The molecule has 2 unspecified atom stereocenters. The van der Waals surface area contributed by atoms with Crippen molar-refractivity contribution >= 4 is 17.3 Å². The Kier molecular flexibility index (Phi) is 4.39. The van der Waals surface area contributed by atoms with Crippen LogP contribution < -0.4 is 15.5 Å². The lowest BCUT2D eigenvalue weighted by molar-refractivity contribution is -0.118. The van der Waals surface area contributed by atoms with Crippen LogP contribution in [0.15, 0.2) is 24.3 Å². The van der Waals surface area contributed by atoms with Gasteiger partial charge in [-0.1, -0.05) is 0 Å². The number of carbonyl (C=O) groups excluding carboxylic acids is 1. The van der Waals surface area contributed by atoms with E-state index in [9.17, 15) is 4.79 Å². The molecular formula is C14H21N3O2. The smallest absolute Gasteiger partial charge is 0.241 e. The number of carbonyl (C=O) groups is 1. The van der Waals surface area contributed by atoms with Crippen molar-refractivity contribution in [3.63, 3.8) is 0 Å². The van der Waals surface area contributed by atoms with Crippen LogP contribution in [0.4, 0.5) is 11.4 Å². The molecule has 0 aliphatic carbocycles. The number of nitrogens with zero attached hydrogens (tertiary/aromatic N) is 1. The Morgan fingerprint density at radius 2 is 2.05 bits per heavy atom. The molecule has 1 heterocycles. The van der Waals surface area contributed by atoms with Crippen LogP contribution in [0.1, 0.15) is 6.42 Å². The van der Waals surface area contributed by atoms with E-state index in [0.29, 0.717) is 0 Å². The molecule has 1 fully saturated rings. The fraction of sp³-hybridized carbons (Fsp3) is 0.500. The topological polar surface area (TPSA) is 53.6 Å². The molecule has 0 aromatic heterocycles. The summed E-state index contributed by atoms with van der Waals surface area (Å²) in [5, 5.41) is 6.08. The van der Waals surface area contributed by atoms with Crippen LogP contribution in [0.3, 0.4) is 0 Å². The standard InChI is InChI=1S/C14H21N3O2/c1-17(2)11-6-4-10(5-7-11)16-14(18)13-8-12(19-3)9-15-13/h4-7,12-13,15H,8-9H2,1-3H3,(H,16,18). The number of ether oxygens (including phenoxy) is 1. The molecule has 2 atom stereocenters. The second kappa shape index (κ2) is 6.04. The average molecular weight is 263 g/mol. The van der Waals surface area contributed by atoms with Gasteiger partial charge in [0.2, 0.25) is 5.91 Å². The Labute approximate surface area is 113 Å². The molecule has 104 valence electrons. The molecule has 19 heavy (non-hydrogen) atoms. The highest BCUT2D eigenvalue weighted by atomic mass is 16.5. The molecule has 0 bridgehead atoms. The molecule has 1 aromatic rings. The van der Waals surface area contributed by atoms with Gasteiger partial charge in [-0.3, -0.25) is 4.79 Å². The summed E-state index contributed by atoms with van der Waals surface area (Å²) in [5.41, 5.74) is 1.93. The van der Waals surface area contributed by atoms with Gasteiger partial charge in [-0.2, -0.15) is 0 Å². The number of anilines is 2. The lowest BCUT2D eigenvalue weighted by Gasteiger charge is -2.14. The van der Waals surface area contributed by atoms with Gasteiger partial charge in [-0.25, -0.2) is 0 Å². The summed E-state index contributed by atoms with van der Waals surface area (Å²) in [6.45, 7) is 0.730. The van der Waals surface area contributed by atoms with Crippen LogP contribution in [0.2, 0.25) is 0 Å². The van der Waals surface area contributed by atoms with Gasteiger partial charge in [-0.15, -0.1) is 0 Å². The third kappa shape index (κ3) is 3.45. The van der Waals surface area contributed by atoms with E-state index < -0.39 is 0 Å². The predicted molar refractivity (Wildman–Crippen MR) is 76.6 cm³/mol. The maximum atomic E-state index is 12.1. The number of nitrogens with one attached hydrogen (secondary N) is 2.